The van der Waals surface area contributed by atoms with Crippen LogP contribution in [0.5, 0.6) is 0 Å². The minimum atomic E-state index is 0. The van der Waals surface area contributed by atoms with E-state index in [1.165, 1.54) is 25.7 Å². The summed E-state index contributed by atoms with van der Waals surface area (Å²) >= 11 is 0. The van der Waals surface area contributed by atoms with Crippen molar-refractivity contribution in [3.8, 4) is 0 Å². The van der Waals surface area contributed by atoms with Crippen LogP contribution in [0.15, 0.2) is 17.6 Å². The Hall–Kier alpha value is -0.260. The van der Waals surface area contributed by atoms with Gasteiger partial charge in [0, 0.05) is 27.2 Å². The summed E-state index contributed by atoms with van der Waals surface area (Å²) in [4.78, 5) is 6.61. The molecular formula is C15H28IN3. The van der Waals surface area contributed by atoms with Crippen LogP contribution in [0.25, 0.3) is 0 Å². The number of rotatable bonds is 7. The van der Waals surface area contributed by atoms with E-state index in [1.54, 1.807) is 0 Å². The lowest BCUT2D eigenvalue weighted by atomic mass is 10.0. The van der Waals surface area contributed by atoms with Crippen LogP contribution in [0.4, 0.5) is 0 Å². The number of hydrogen-bond acceptors (Lipinski definition) is 1. The first kappa shape index (κ1) is 16.8. The van der Waals surface area contributed by atoms with Gasteiger partial charge in [-0.25, -0.2) is 0 Å². The average Bonchev–Trinajstić information content (AvgIpc) is 3.23. The number of nitrogens with one attached hydrogen (secondary N) is 1. The van der Waals surface area contributed by atoms with Crippen LogP contribution in [-0.2, 0) is 0 Å². The van der Waals surface area contributed by atoms with Gasteiger partial charge in [-0.3, -0.25) is 4.99 Å². The van der Waals surface area contributed by atoms with Gasteiger partial charge in [0.2, 0.25) is 0 Å². The number of halogens is 1. The van der Waals surface area contributed by atoms with Crippen molar-refractivity contribution >= 4 is 29.9 Å². The van der Waals surface area contributed by atoms with Gasteiger partial charge in [-0.05, 0) is 49.9 Å². The Morgan fingerprint density at radius 2 is 2.16 bits per heavy atom. The Morgan fingerprint density at radius 1 is 1.47 bits per heavy atom. The standard InChI is InChI=1S/C15H27N3.HI/c1-4-5-6-11-18(3)14(16-2)17-12-15(9-10-15)13-7-8-13;/h4,13H,1,5-12H2,2-3H3,(H,16,17);1H. The Kier molecular flexibility index (Phi) is 6.63. The van der Waals surface area contributed by atoms with E-state index in [2.05, 4.69) is 28.8 Å². The summed E-state index contributed by atoms with van der Waals surface area (Å²) in [7, 11) is 4.00. The van der Waals surface area contributed by atoms with E-state index in [4.69, 9.17) is 0 Å². The van der Waals surface area contributed by atoms with Gasteiger partial charge in [0.1, 0.15) is 0 Å². The summed E-state index contributed by atoms with van der Waals surface area (Å²) in [6, 6.07) is 0. The molecule has 2 aliphatic rings. The van der Waals surface area contributed by atoms with Crippen LogP contribution < -0.4 is 5.32 Å². The van der Waals surface area contributed by atoms with E-state index in [0.717, 1.165) is 37.8 Å². The number of aliphatic imine (C=N–C) groups is 1. The highest BCUT2D eigenvalue weighted by Gasteiger charge is 2.53. The molecule has 1 N–H and O–H groups in total. The second-order valence-electron chi connectivity index (χ2n) is 5.89. The molecule has 0 saturated heterocycles. The lowest BCUT2D eigenvalue weighted by Gasteiger charge is -2.24. The van der Waals surface area contributed by atoms with Gasteiger partial charge < -0.3 is 10.2 Å². The van der Waals surface area contributed by atoms with Crippen molar-refractivity contribution < 1.29 is 0 Å². The molecule has 4 heteroatoms. The third-order valence-corrected chi connectivity index (χ3v) is 4.41. The number of allylic oxidation sites excluding steroid dienone is 1. The van der Waals surface area contributed by atoms with Crippen LogP contribution in [0.2, 0.25) is 0 Å². The monoisotopic (exact) mass is 377 g/mol. The summed E-state index contributed by atoms with van der Waals surface area (Å²) in [5, 5.41) is 3.57. The first-order valence-electron chi connectivity index (χ1n) is 7.24. The van der Waals surface area contributed by atoms with Gasteiger partial charge in [-0.2, -0.15) is 0 Å². The topological polar surface area (TPSA) is 27.6 Å². The van der Waals surface area contributed by atoms with E-state index >= 15 is 0 Å². The highest BCUT2D eigenvalue weighted by Crippen LogP contribution is 2.60. The van der Waals surface area contributed by atoms with Gasteiger partial charge >= 0.3 is 0 Å². The molecule has 0 unspecified atom stereocenters. The molecule has 0 spiro atoms. The molecule has 0 aromatic carbocycles. The second-order valence-corrected chi connectivity index (χ2v) is 5.89. The van der Waals surface area contributed by atoms with Crippen molar-refractivity contribution in [3.63, 3.8) is 0 Å². The van der Waals surface area contributed by atoms with Crippen LogP contribution >= 0.6 is 24.0 Å². The van der Waals surface area contributed by atoms with Crippen LogP contribution in [0, 0.1) is 11.3 Å². The number of nitrogens with zero attached hydrogens (tertiary/aromatic N) is 2. The fourth-order valence-corrected chi connectivity index (χ4v) is 2.80. The zero-order chi connectivity index (χ0) is 13.0. The summed E-state index contributed by atoms with van der Waals surface area (Å²) < 4.78 is 0. The normalized spacial score (nSPS) is 20.4. The minimum Gasteiger partial charge on any atom is -0.356 e. The van der Waals surface area contributed by atoms with Gasteiger partial charge in [-0.15, -0.1) is 30.6 Å². The van der Waals surface area contributed by atoms with E-state index < -0.39 is 0 Å². The molecule has 2 aliphatic carbocycles. The fourth-order valence-electron chi connectivity index (χ4n) is 2.80. The highest BCUT2D eigenvalue weighted by molar-refractivity contribution is 14.0. The van der Waals surface area contributed by atoms with Crippen molar-refractivity contribution in [2.75, 3.05) is 27.2 Å². The molecule has 3 nitrogen and oxygen atoms in total. The van der Waals surface area contributed by atoms with Crippen molar-refractivity contribution in [1.29, 1.82) is 0 Å². The maximum Gasteiger partial charge on any atom is 0.193 e. The zero-order valence-corrected chi connectivity index (χ0v) is 14.7. The lowest BCUT2D eigenvalue weighted by molar-refractivity contribution is 0.409. The zero-order valence-electron chi connectivity index (χ0n) is 12.3. The molecule has 19 heavy (non-hydrogen) atoms. The first-order chi connectivity index (χ1) is 8.72. The number of hydrogen-bond donors (Lipinski definition) is 1. The molecule has 0 aliphatic heterocycles. The summed E-state index contributed by atoms with van der Waals surface area (Å²) in [5.74, 6) is 2.06. The molecular weight excluding hydrogens is 349 g/mol. The van der Waals surface area contributed by atoms with Gasteiger partial charge in [-0.1, -0.05) is 6.08 Å². The summed E-state index contributed by atoms with van der Waals surface area (Å²) in [6.45, 7) is 5.93. The smallest absolute Gasteiger partial charge is 0.193 e. The maximum atomic E-state index is 4.38. The third kappa shape index (κ3) is 4.65. The number of guanidine groups is 1. The van der Waals surface area contributed by atoms with Crippen molar-refractivity contribution in [2.45, 2.75) is 38.5 Å². The van der Waals surface area contributed by atoms with Crippen LogP contribution in [-0.4, -0.2) is 38.0 Å². The van der Waals surface area contributed by atoms with Crippen molar-refractivity contribution in [1.82, 2.24) is 10.2 Å². The molecule has 110 valence electrons. The molecule has 2 rings (SSSR count). The molecule has 0 atom stereocenters. The molecule has 2 fully saturated rings. The Morgan fingerprint density at radius 3 is 2.63 bits per heavy atom. The lowest BCUT2D eigenvalue weighted by Crippen LogP contribution is -2.42. The van der Waals surface area contributed by atoms with Gasteiger partial charge in [0.15, 0.2) is 5.96 Å². The number of unbranched alkanes of at least 4 members (excludes halogenated alkanes) is 1. The Labute approximate surface area is 134 Å². The maximum absolute atomic E-state index is 4.38. The van der Waals surface area contributed by atoms with Gasteiger partial charge in [0.05, 0.1) is 0 Å². The third-order valence-electron chi connectivity index (χ3n) is 4.41. The average molecular weight is 377 g/mol. The largest absolute Gasteiger partial charge is 0.356 e. The SMILES string of the molecule is C=CCCCN(C)C(=NC)NCC1(C2CC2)CC1.I. The first-order valence-corrected chi connectivity index (χ1v) is 7.24. The molecule has 2 saturated carbocycles. The molecule has 0 bridgehead atoms. The van der Waals surface area contributed by atoms with Crippen LogP contribution in [0.1, 0.15) is 38.5 Å². The molecule has 0 heterocycles. The summed E-state index contributed by atoms with van der Waals surface area (Å²) in [5.41, 5.74) is 0.637. The van der Waals surface area contributed by atoms with E-state index in [9.17, 15) is 0 Å². The second kappa shape index (κ2) is 7.50. The van der Waals surface area contributed by atoms with E-state index in [-0.39, 0.29) is 24.0 Å². The van der Waals surface area contributed by atoms with Crippen molar-refractivity contribution in [3.05, 3.63) is 12.7 Å². The Balaban J connectivity index is 0.00000180. The predicted molar refractivity (Wildman–Crippen MR) is 93.2 cm³/mol. The molecule has 0 amide bonds. The van der Waals surface area contributed by atoms with Crippen molar-refractivity contribution in [2.24, 2.45) is 16.3 Å². The molecule has 0 radical (unpaired) electrons. The van der Waals surface area contributed by atoms with E-state index in [0.29, 0.717) is 5.41 Å². The molecule has 0 aromatic heterocycles. The van der Waals surface area contributed by atoms with E-state index in [1.807, 2.05) is 13.1 Å². The quantitative estimate of drug-likeness (QED) is 0.243. The van der Waals surface area contributed by atoms with Crippen LogP contribution in [0.3, 0.4) is 0 Å². The molecule has 0 aromatic rings. The minimum absolute atomic E-state index is 0. The summed E-state index contributed by atoms with van der Waals surface area (Å²) in [6.07, 6.45) is 9.95. The fraction of sp³-hybridized carbons (Fsp3) is 0.800. The highest BCUT2D eigenvalue weighted by atomic mass is 127. The Bertz CT molecular complexity index is 319. The van der Waals surface area contributed by atoms with Gasteiger partial charge in [0.25, 0.3) is 0 Å². The predicted octanol–water partition coefficient (Wildman–Crippen LogP) is 3.27.